The molecule has 13 heavy (non-hydrogen) atoms. The van der Waals surface area contributed by atoms with Crippen molar-refractivity contribution in [3.8, 4) is 0 Å². The Labute approximate surface area is 78.9 Å². The van der Waals surface area contributed by atoms with Crippen molar-refractivity contribution in [1.29, 1.82) is 0 Å². The summed E-state index contributed by atoms with van der Waals surface area (Å²) < 4.78 is 0. The maximum Gasteiger partial charge on any atom is 0.292 e. The van der Waals surface area contributed by atoms with Gasteiger partial charge in [-0.05, 0) is 18.8 Å². The lowest BCUT2D eigenvalue weighted by molar-refractivity contribution is -0.129. The van der Waals surface area contributed by atoms with E-state index in [1.165, 1.54) is 19.3 Å². The van der Waals surface area contributed by atoms with E-state index in [4.69, 9.17) is 0 Å². The van der Waals surface area contributed by atoms with E-state index in [1.54, 1.807) is 0 Å². The van der Waals surface area contributed by atoms with Gasteiger partial charge in [0.05, 0.1) is 5.41 Å². The topological polar surface area (TPSA) is 46.5 Å². The Hall–Kier alpha value is -0.730. The molecule has 0 unspecified atom stereocenters. The Morgan fingerprint density at radius 1 is 1.23 bits per heavy atom. The first kappa shape index (κ1) is 10.4. The normalized spacial score (nSPS) is 19.8. The van der Waals surface area contributed by atoms with E-state index in [2.05, 4.69) is 5.18 Å². The summed E-state index contributed by atoms with van der Waals surface area (Å²) in [5.74, 6) is -0.133. The summed E-state index contributed by atoms with van der Waals surface area (Å²) in [5.41, 5.74) is -0.540. The molecule has 1 rings (SSSR count). The first-order chi connectivity index (χ1) is 6.09. The fourth-order valence-electron chi connectivity index (χ4n) is 2.12. The summed E-state index contributed by atoms with van der Waals surface area (Å²) in [6.45, 7) is 3.68. The van der Waals surface area contributed by atoms with E-state index in [-0.39, 0.29) is 0 Å². The zero-order valence-electron chi connectivity index (χ0n) is 8.38. The van der Waals surface area contributed by atoms with Gasteiger partial charge in [-0.15, -0.1) is 4.91 Å². The number of carbonyl (C=O) groups is 1. The van der Waals surface area contributed by atoms with Crippen molar-refractivity contribution in [3.63, 3.8) is 0 Å². The maximum atomic E-state index is 11.3. The molecule has 0 spiro atoms. The number of amides is 1. The zero-order chi connectivity index (χ0) is 9.90. The zero-order valence-corrected chi connectivity index (χ0v) is 8.38. The Balaban J connectivity index is 2.66. The van der Waals surface area contributed by atoms with Gasteiger partial charge < -0.3 is 0 Å². The molecule has 0 heterocycles. The molecule has 0 saturated heterocycles. The van der Waals surface area contributed by atoms with Crippen molar-refractivity contribution in [3.05, 3.63) is 4.91 Å². The van der Waals surface area contributed by atoms with E-state index in [0.717, 1.165) is 12.8 Å². The molecule has 3 nitrogen and oxygen atoms in total. The lowest BCUT2D eigenvalue weighted by atomic mass is 9.71. The Bertz CT molecular complexity index is 205. The first-order valence-electron chi connectivity index (χ1n) is 4.97. The number of nitrogens with zero attached hydrogens (tertiary/aromatic N) is 1. The van der Waals surface area contributed by atoms with Crippen LogP contribution in [-0.4, -0.2) is 5.91 Å². The smallest absolute Gasteiger partial charge is 0.268 e. The van der Waals surface area contributed by atoms with Crippen LogP contribution in [0.2, 0.25) is 0 Å². The van der Waals surface area contributed by atoms with Crippen LogP contribution in [0.25, 0.3) is 0 Å². The maximum absolute atomic E-state index is 11.3. The second-order valence-corrected chi connectivity index (χ2v) is 4.45. The van der Waals surface area contributed by atoms with Gasteiger partial charge in [-0.2, -0.15) is 0 Å². The average Bonchev–Trinajstić information content (AvgIpc) is 2.18. The Morgan fingerprint density at radius 2 is 1.77 bits per heavy atom. The standard InChI is InChI=1S/C10H17NO2/c1-10(2,9(12)11-13)8-6-4-3-5-7-8/h8H,3-7H2,1-2H3. The van der Waals surface area contributed by atoms with Gasteiger partial charge in [0.2, 0.25) is 0 Å². The number of carbonyl (C=O) groups excluding carboxylic acids is 1. The van der Waals surface area contributed by atoms with E-state index in [1.807, 2.05) is 13.8 Å². The minimum Gasteiger partial charge on any atom is -0.268 e. The minimum atomic E-state index is -0.540. The number of hydrogen-bond donors (Lipinski definition) is 0. The summed E-state index contributed by atoms with van der Waals surface area (Å²) in [7, 11) is 0. The summed E-state index contributed by atoms with van der Waals surface area (Å²) in [6.07, 6.45) is 5.75. The Kier molecular flexibility index (Phi) is 3.17. The highest BCUT2D eigenvalue weighted by atomic mass is 16.3. The molecule has 74 valence electrons. The first-order valence-corrected chi connectivity index (χ1v) is 4.97. The van der Waals surface area contributed by atoms with Crippen LogP contribution in [0.3, 0.4) is 0 Å². The van der Waals surface area contributed by atoms with Crippen molar-refractivity contribution in [2.45, 2.75) is 46.0 Å². The molecule has 0 aromatic rings. The molecule has 0 aromatic heterocycles. The van der Waals surface area contributed by atoms with Crippen molar-refractivity contribution in [1.82, 2.24) is 0 Å². The van der Waals surface area contributed by atoms with Crippen molar-refractivity contribution in [2.75, 3.05) is 0 Å². The molecule has 1 saturated carbocycles. The largest absolute Gasteiger partial charge is 0.292 e. The van der Waals surface area contributed by atoms with Crippen molar-refractivity contribution >= 4 is 5.91 Å². The summed E-state index contributed by atoms with van der Waals surface area (Å²) in [6, 6.07) is 0. The molecule has 3 heteroatoms. The molecular weight excluding hydrogens is 166 g/mol. The highest BCUT2D eigenvalue weighted by Gasteiger charge is 2.37. The van der Waals surface area contributed by atoms with E-state index in [9.17, 15) is 9.70 Å². The predicted molar refractivity (Wildman–Crippen MR) is 51.2 cm³/mol. The molecule has 0 N–H and O–H groups in total. The summed E-state index contributed by atoms with van der Waals surface area (Å²) in [5, 5.41) is 2.55. The molecule has 1 amide bonds. The van der Waals surface area contributed by atoms with E-state index >= 15 is 0 Å². The van der Waals surface area contributed by atoms with Crippen LogP contribution in [0, 0.1) is 16.2 Å². The van der Waals surface area contributed by atoms with Crippen molar-refractivity contribution < 1.29 is 4.79 Å². The van der Waals surface area contributed by atoms with Crippen molar-refractivity contribution in [2.24, 2.45) is 16.5 Å². The van der Waals surface area contributed by atoms with E-state index in [0.29, 0.717) is 5.92 Å². The van der Waals surface area contributed by atoms with Crippen LogP contribution in [0.5, 0.6) is 0 Å². The van der Waals surface area contributed by atoms with Gasteiger partial charge in [0.25, 0.3) is 5.91 Å². The van der Waals surface area contributed by atoms with Crippen LogP contribution in [0.4, 0.5) is 0 Å². The fourth-order valence-corrected chi connectivity index (χ4v) is 2.12. The highest BCUT2D eigenvalue weighted by molar-refractivity contribution is 5.82. The van der Waals surface area contributed by atoms with Gasteiger partial charge in [0, 0.05) is 5.18 Å². The quantitative estimate of drug-likeness (QED) is 0.618. The molecule has 0 radical (unpaired) electrons. The van der Waals surface area contributed by atoms with Gasteiger partial charge in [0.1, 0.15) is 0 Å². The van der Waals surface area contributed by atoms with Crippen LogP contribution in [0.15, 0.2) is 5.18 Å². The molecule has 0 bridgehead atoms. The van der Waals surface area contributed by atoms with Gasteiger partial charge in [-0.3, -0.25) is 4.79 Å². The molecule has 0 atom stereocenters. The van der Waals surface area contributed by atoms with Gasteiger partial charge in [-0.25, -0.2) is 0 Å². The van der Waals surface area contributed by atoms with Gasteiger partial charge in [-0.1, -0.05) is 33.1 Å². The van der Waals surface area contributed by atoms with Crippen LogP contribution in [0.1, 0.15) is 46.0 Å². The number of hydrogen-bond acceptors (Lipinski definition) is 2. The van der Waals surface area contributed by atoms with Crippen LogP contribution >= 0.6 is 0 Å². The molecular formula is C10H17NO2. The third-order valence-electron chi connectivity index (χ3n) is 3.26. The second-order valence-electron chi connectivity index (χ2n) is 4.45. The SMILES string of the molecule is CC(C)(C(=O)N=O)C1CCCCC1. The predicted octanol–water partition coefficient (Wildman–Crippen LogP) is 2.89. The summed E-state index contributed by atoms with van der Waals surface area (Å²) >= 11 is 0. The molecule has 0 aliphatic heterocycles. The average molecular weight is 183 g/mol. The number of nitroso groups, excluding NO2 is 1. The van der Waals surface area contributed by atoms with Crippen LogP contribution < -0.4 is 0 Å². The third kappa shape index (κ3) is 2.14. The third-order valence-corrected chi connectivity index (χ3v) is 3.26. The minimum absolute atomic E-state index is 0.353. The van der Waals surface area contributed by atoms with Gasteiger partial charge in [0.15, 0.2) is 0 Å². The Morgan fingerprint density at radius 3 is 2.23 bits per heavy atom. The summed E-state index contributed by atoms with van der Waals surface area (Å²) in [4.78, 5) is 21.4. The molecule has 0 aromatic carbocycles. The molecule has 1 aliphatic carbocycles. The lowest BCUT2D eigenvalue weighted by Crippen LogP contribution is -2.33. The second kappa shape index (κ2) is 3.99. The molecule has 1 fully saturated rings. The van der Waals surface area contributed by atoms with E-state index < -0.39 is 11.3 Å². The lowest BCUT2D eigenvalue weighted by Gasteiger charge is -2.33. The monoisotopic (exact) mass is 183 g/mol. The highest BCUT2D eigenvalue weighted by Crippen LogP contribution is 2.38. The molecule has 1 aliphatic rings. The van der Waals surface area contributed by atoms with Gasteiger partial charge >= 0.3 is 0 Å². The fraction of sp³-hybridized carbons (Fsp3) is 0.900. The van der Waals surface area contributed by atoms with Crippen LogP contribution in [-0.2, 0) is 4.79 Å². The number of rotatable bonds is 2.